The molecule has 1 aromatic heterocycles. The molecule has 2 atom stereocenters. The number of pyridine rings is 1. The molecule has 0 radical (unpaired) electrons. The normalized spacial score (nSPS) is 24.8. The molecule has 8 heteroatoms. The van der Waals surface area contributed by atoms with Gasteiger partial charge in [-0.1, -0.05) is 12.1 Å². The Labute approximate surface area is 138 Å². The average Bonchev–Trinajstić information content (AvgIpc) is 3.15. The highest BCUT2D eigenvalue weighted by molar-refractivity contribution is 7.89. The molecule has 4 rings (SSSR count). The highest BCUT2D eigenvalue weighted by Gasteiger charge is 2.42. The molecular weight excluding hydrogens is 336 g/mol. The lowest BCUT2D eigenvalue weighted by molar-refractivity contribution is 0.152. The number of fused-ring (bicyclic) bond motifs is 2. The van der Waals surface area contributed by atoms with Crippen LogP contribution in [0.3, 0.4) is 0 Å². The summed E-state index contributed by atoms with van der Waals surface area (Å²) >= 11 is 0. The van der Waals surface area contributed by atoms with E-state index in [0.29, 0.717) is 24.4 Å². The van der Waals surface area contributed by atoms with Gasteiger partial charge in [-0.3, -0.25) is 4.98 Å². The number of halogens is 2. The number of benzene rings is 1. The van der Waals surface area contributed by atoms with Crippen LogP contribution in [0.1, 0.15) is 18.4 Å². The molecule has 1 aromatic carbocycles. The summed E-state index contributed by atoms with van der Waals surface area (Å²) < 4.78 is 54.3. The van der Waals surface area contributed by atoms with E-state index in [2.05, 4.69) is 10.3 Å². The lowest BCUT2D eigenvalue weighted by Crippen LogP contribution is -2.34. The van der Waals surface area contributed by atoms with Gasteiger partial charge in [-0.2, -0.15) is 4.31 Å². The van der Waals surface area contributed by atoms with Crippen LogP contribution in [0.2, 0.25) is 0 Å². The molecule has 0 amide bonds. The number of hydrogen-bond acceptors (Lipinski definition) is 4. The Hall–Kier alpha value is -1.64. The first-order chi connectivity index (χ1) is 11.5. The lowest BCUT2D eigenvalue weighted by atomic mass is 10.1. The van der Waals surface area contributed by atoms with Crippen LogP contribution < -0.4 is 5.32 Å². The molecule has 0 saturated carbocycles. The van der Waals surface area contributed by atoms with Gasteiger partial charge in [0.1, 0.15) is 0 Å². The summed E-state index contributed by atoms with van der Waals surface area (Å²) in [5.41, 5.74) is -0.343. The van der Waals surface area contributed by atoms with E-state index < -0.39 is 16.4 Å². The molecular formula is C16H17F2N3O2S. The second kappa shape index (κ2) is 5.72. The number of alkyl halides is 2. The predicted octanol–water partition coefficient (Wildman–Crippen LogP) is 2.15. The minimum Gasteiger partial charge on any atom is -0.312 e. The van der Waals surface area contributed by atoms with Crippen molar-refractivity contribution in [2.45, 2.75) is 23.8 Å². The van der Waals surface area contributed by atoms with E-state index in [9.17, 15) is 17.2 Å². The number of aromatic nitrogens is 1. The first kappa shape index (κ1) is 15.9. The van der Waals surface area contributed by atoms with Crippen LogP contribution in [0.5, 0.6) is 0 Å². The zero-order valence-electron chi connectivity index (χ0n) is 12.8. The molecule has 3 heterocycles. The van der Waals surface area contributed by atoms with Gasteiger partial charge in [-0.05, 0) is 24.9 Å². The van der Waals surface area contributed by atoms with E-state index in [1.807, 2.05) is 0 Å². The van der Waals surface area contributed by atoms with Crippen LogP contribution in [0.25, 0.3) is 10.8 Å². The standard InChI is InChI=1S/C16H17F2N3O2S/c17-16(18)12-7-19-6-10-2-1-3-14(15(10)12)24(22,23)21-8-11-4-5-20-13(11)9-21/h1-3,6-7,11,13,16,20H,4-5,8-9H2/t11-,13+/m0/s1. The van der Waals surface area contributed by atoms with Gasteiger partial charge in [0.15, 0.2) is 0 Å². The van der Waals surface area contributed by atoms with Crippen LogP contribution in [-0.2, 0) is 10.0 Å². The molecule has 128 valence electrons. The minimum atomic E-state index is -3.83. The van der Waals surface area contributed by atoms with Gasteiger partial charge in [0.2, 0.25) is 10.0 Å². The van der Waals surface area contributed by atoms with Gasteiger partial charge in [-0.15, -0.1) is 0 Å². The number of rotatable bonds is 3. The van der Waals surface area contributed by atoms with E-state index in [1.54, 1.807) is 12.1 Å². The van der Waals surface area contributed by atoms with Gasteiger partial charge >= 0.3 is 0 Å². The Morgan fingerprint density at radius 2 is 2.08 bits per heavy atom. The molecule has 24 heavy (non-hydrogen) atoms. The van der Waals surface area contributed by atoms with Crippen molar-refractivity contribution in [1.82, 2.24) is 14.6 Å². The Kier molecular flexibility index (Phi) is 3.78. The maximum atomic E-state index is 13.4. The fourth-order valence-corrected chi connectivity index (χ4v) is 5.52. The lowest BCUT2D eigenvalue weighted by Gasteiger charge is -2.19. The zero-order chi connectivity index (χ0) is 16.9. The fraction of sp³-hybridized carbons (Fsp3) is 0.438. The van der Waals surface area contributed by atoms with Crippen LogP contribution in [0.4, 0.5) is 8.78 Å². The highest BCUT2D eigenvalue weighted by Crippen LogP contribution is 2.35. The number of nitrogens with one attached hydrogen (secondary N) is 1. The molecule has 0 unspecified atom stereocenters. The molecule has 1 N–H and O–H groups in total. The third kappa shape index (κ3) is 2.40. The van der Waals surface area contributed by atoms with Crippen LogP contribution in [0, 0.1) is 5.92 Å². The number of nitrogens with zero attached hydrogens (tertiary/aromatic N) is 2. The highest BCUT2D eigenvalue weighted by atomic mass is 32.2. The summed E-state index contributed by atoms with van der Waals surface area (Å²) in [5, 5.41) is 3.79. The first-order valence-corrected chi connectivity index (χ1v) is 9.31. The van der Waals surface area contributed by atoms with E-state index in [4.69, 9.17) is 0 Å². The maximum absolute atomic E-state index is 13.4. The molecule has 2 aliphatic heterocycles. The van der Waals surface area contributed by atoms with Gasteiger partial charge in [-0.25, -0.2) is 17.2 Å². The SMILES string of the molecule is O=S(=O)(c1cccc2cncc(C(F)F)c12)N1C[C@@H]2CCN[C@@H]2C1. The van der Waals surface area contributed by atoms with Crippen molar-refractivity contribution < 1.29 is 17.2 Å². The smallest absolute Gasteiger partial charge is 0.265 e. The molecule has 0 bridgehead atoms. The monoisotopic (exact) mass is 353 g/mol. The van der Waals surface area contributed by atoms with Crippen molar-refractivity contribution in [3.8, 4) is 0 Å². The van der Waals surface area contributed by atoms with Gasteiger partial charge in [0.05, 0.1) is 4.90 Å². The van der Waals surface area contributed by atoms with Crippen molar-refractivity contribution in [1.29, 1.82) is 0 Å². The quantitative estimate of drug-likeness (QED) is 0.919. The van der Waals surface area contributed by atoms with Crippen molar-refractivity contribution in [2.75, 3.05) is 19.6 Å². The summed E-state index contributed by atoms with van der Waals surface area (Å²) in [6.07, 6.45) is 0.628. The van der Waals surface area contributed by atoms with Crippen molar-refractivity contribution in [3.05, 3.63) is 36.2 Å². The van der Waals surface area contributed by atoms with E-state index in [-0.39, 0.29) is 21.9 Å². The summed E-state index contributed by atoms with van der Waals surface area (Å²) in [6, 6.07) is 4.74. The van der Waals surface area contributed by atoms with Crippen LogP contribution >= 0.6 is 0 Å². The number of hydrogen-bond donors (Lipinski definition) is 1. The Balaban J connectivity index is 1.84. The van der Waals surface area contributed by atoms with Crippen molar-refractivity contribution >= 4 is 20.8 Å². The second-order valence-electron chi connectivity index (χ2n) is 6.32. The first-order valence-electron chi connectivity index (χ1n) is 7.87. The van der Waals surface area contributed by atoms with Crippen LogP contribution in [-0.4, -0.2) is 43.4 Å². The zero-order valence-corrected chi connectivity index (χ0v) is 13.6. The second-order valence-corrected chi connectivity index (χ2v) is 8.22. The average molecular weight is 353 g/mol. The molecule has 0 spiro atoms. The molecule has 0 aliphatic carbocycles. The predicted molar refractivity (Wildman–Crippen MR) is 85.4 cm³/mol. The Morgan fingerprint density at radius 3 is 2.83 bits per heavy atom. The summed E-state index contributed by atoms with van der Waals surface area (Å²) in [7, 11) is -3.83. The van der Waals surface area contributed by atoms with Gasteiger partial charge in [0, 0.05) is 47.9 Å². The van der Waals surface area contributed by atoms with Crippen molar-refractivity contribution in [3.63, 3.8) is 0 Å². The van der Waals surface area contributed by atoms with E-state index in [1.165, 1.54) is 16.6 Å². The van der Waals surface area contributed by atoms with Gasteiger partial charge < -0.3 is 5.32 Å². The third-order valence-electron chi connectivity index (χ3n) is 4.96. The summed E-state index contributed by atoms with van der Waals surface area (Å²) in [6.45, 7) is 1.72. The van der Waals surface area contributed by atoms with Crippen molar-refractivity contribution in [2.24, 2.45) is 5.92 Å². The summed E-state index contributed by atoms with van der Waals surface area (Å²) in [5.74, 6) is 0.297. The van der Waals surface area contributed by atoms with E-state index >= 15 is 0 Å². The Morgan fingerprint density at radius 1 is 1.25 bits per heavy atom. The largest absolute Gasteiger partial charge is 0.312 e. The topological polar surface area (TPSA) is 62.3 Å². The Bertz CT molecular complexity index is 871. The minimum absolute atomic E-state index is 0.0577. The number of sulfonamides is 1. The van der Waals surface area contributed by atoms with E-state index in [0.717, 1.165) is 19.2 Å². The fourth-order valence-electron chi connectivity index (χ4n) is 3.75. The maximum Gasteiger partial charge on any atom is 0.265 e. The molecule has 2 aliphatic rings. The molecule has 5 nitrogen and oxygen atoms in total. The molecule has 2 fully saturated rings. The third-order valence-corrected chi connectivity index (χ3v) is 6.83. The van der Waals surface area contributed by atoms with Gasteiger partial charge in [0.25, 0.3) is 6.43 Å². The summed E-state index contributed by atoms with van der Waals surface area (Å²) in [4.78, 5) is 3.75. The molecule has 2 saturated heterocycles. The molecule has 2 aromatic rings. The van der Waals surface area contributed by atoms with Crippen LogP contribution in [0.15, 0.2) is 35.5 Å².